The topological polar surface area (TPSA) is 105 Å². The maximum atomic E-state index is 13.8. The number of fused-ring (bicyclic) bond motifs is 4. The number of benzene rings is 1. The molecule has 0 aliphatic heterocycles. The van der Waals surface area contributed by atoms with Crippen LogP contribution in [0.15, 0.2) is 24.5 Å². The van der Waals surface area contributed by atoms with Gasteiger partial charge >= 0.3 is 5.97 Å². The zero-order valence-electron chi connectivity index (χ0n) is 16.7. The fourth-order valence-electron chi connectivity index (χ4n) is 4.70. The van der Waals surface area contributed by atoms with Crippen LogP contribution in [0.25, 0.3) is 22.3 Å². The quantitative estimate of drug-likeness (QED) is 0.564. The van der Waals surface area contributed by atoms with E-state index in [0.29, 0.717) is 22.4 Å². The number of hydrogen-bond donors (Lipinski definition) is 3. The number of rotatable bonds is 2. The molecule has 0 amide bonds. The van der Waals surface area contributed by atoms with Crippen molar-refractivity contribution in [3.8, 4) is 11.4 Å². The van der Waals surface area contributed by atoms with Gasteiger partial charge in [0.2, 0.25) is 0 Å². The van der Waals surface area contributed by atoms with Crippen LogP contribution in [-0.4, -0.2) is 26.0 Å². The van der Waals surface area contributed by atoms with E-state index in [2.05, 4.69) is 15.0 Å². The SMILES string of the molecule is Cc1cc(F)c2[nH]cc(-c3ncc(F)c(N)n3)c2c1.O=C(O)C1CC2CCC1CC2. The molecule has 2 bridgehead atoms. The highest BCUT2D eigenvalue weighted by Crippen LogP contribution is 2.44. The third-order valence-corrected chi connectivity index (χ3v) is 6.26. The number of nitrogens with two attached hydrogens (primary N) is 1. The summed E-state index contributed by atoms with van der Waals surface area (Å²) >= 11 is 0. The molecule has 3 fully saturated rings. The average molecular weight is 414 g/mol. The van der Waals surface area contributed by atoms with E-state index in [1.54, 1.807) is 13.1 Å². The molecule has 6 rings (SSSR count). The van der Waals surface area contributed by atoms with Gasteiger partial charge in [0.25, 0.3) is 0 Å². The van der Waals surface area contributed by atoms with Crippen LogP contribution in [0.4, 0.5) is 14.6 Å². The van der Waals surface area contributed by atoms with Crippen LogP contribution >= 0.6 is 0 Å². The molecule has 1 unspecified atom stereocenters. The van der Waals surface area contributed by atoms with Crippen molar-refractivity contribution in [2.75, 3.05) is 5.73 Å². The zero-order valence-corrected chi connectivity index (χ0v) is 16.7. The van der Waals surface area contributed by atoms with Gasteiger partial charge in [0.05, 0.1) is 17.6 Å². The van der Waals surface area contributed by atoms with Crippen LogP contribution in [-0.2, 0) is 4.79 Å². The number of anilines is 1. The van der Waals surface area contributed by atoms with Crippen molar-refractivity contribution in [1.82, 2.24) is 15.0 Å². The summed E-state index contributed by atoms with van der Waals surface area (Å²) < 4.78 is 26.8. The number of aliphatic carboxylic acids is 1. The number of halogens is 2. The van der Waals surface area contributed by atoms with Crippen molar-refractivity contribution in [3.05, 3.63) is 41.7 Å². The first-order valence-electron chi connectivity index (χ1n) is 10.1. The number of nitrogen functional groups attached to an aromatic ring is 1. The van der Waals surface area contributed by atoms with Crippen molar-refractivity contribution in [2.45, 2.75) is 39.0 Å². The number of nitrogens with one attached hydrogen (secondary N) is 1. The number of hydrogen-bond acceptors (Lipinski definition) is 4. The van der Waals surface area contributed by atoms with Gasteiger partial charge < -0.3 is 15.8 Å². The van der Waals surface area contributed by atoms with E-state index in [4.69, 9.17) is 10.8 Å². The highest BCUT2D eigenvalue weighted by Gasteiger charge is 2.39. The molecule has 2 aromatic heterocycles. The summed E-state index contributed by atoms with van der Waals surface area (Å²) in [6, 6.07) is 3.25. The van der Waals surface area contributed by atoms with E-state index >= 15 is 0 Å². The Labute approximate surface area is 172 Å². The van der Waals surface area contributed by atoms with Crippen LogP contribution in [0.3, 0.4) is 0 Å². The van der Waals surface area contributed by atoms with Gasteiger partial charge in [-0.15, -0.1) is 0 Å². The van der Waals surface area contributed by atoms with E-state index in [9.17, 15) is 13.6 Å². The average Bonchev–Trinajstić information content (AvgIpc) is 3.15. The molecule has 1 aromatic carbocycles. The molecule has 1 atom stereocenters. The minimum Gasteiger partial charge on any atom is -0.481 e. The lowest BCUT2D eigenvalue weighted by atomic mass is 9.65. The van der Waals surface area contributed by atoms with E-state index in [1.165, 1.54) is 31.7 Å². The molecule has 3 aromatic rings. The molecule has 0 saturated heterocycles. The van der Waals surface area contributed by atoms with E-state index in [0.717, 1.165) is 24.1 Å². The number of carboxylic acid groups (broad SMARTS) is 1. The lowest BCUT2D eigenvalue weighted by Gasteiger charge is -2.40. The van der Waals surface area contributed by atoms with Crippen LogP contribution in [0, 0.1) is 36.3 Å². The second-order valence-corrected chi connectivity index (χ2v) is 8.26. The molecule has 30 heavy (non-hydrogen) atoms. The second-order valence-electron chi connectivity index (χ2n) is 8.26. The molecule has 158 valence electrons. The summed E-state index contributed by atoms with van der Waals surface area (Å²) in [5.41, 5.74) is 7.15. The maximum Gasteiger partial charge on any atom is 0.306 e. The standard InChI is InChI=1S/C13H10F2N4.C9H14O2/c1-6-2-7-8(4-17-11(7)9(14)3-6)13-18-5-10(15)12(16)19-13;10-9(11)8-5-6-1-3-7(8)4-2-6/h2-5,17H,1H3,(H2,16,18,19);6-8H,1-5H2,(H,10,11). The lowest BCUT2D eigenvalue weighted by molar-refractivity contribution is -0.147. The minimum atomic E-state index is -0.675. The van der Waals surface area contributed by atoms with Gasteiger partial charge in [-0.2, -0.15) is 0 Å². The normalized spacial score (nSPS) is 22.6. The predicted molar refractivity (Wildman–Crippen MR) is 110 cm³/mol. The Kier molecular flexibility index (Phi) is 5.40. The Morgan fingerprint density at radius 3 is 2.50 bits per heavy atom. The van der Waals surface area contributed by atoms with Gasteiger partial charge in [-0.05, 0) is 55.7 Å². The molecule has 3 aliphatic rings. The molecular weight excluding hydrogens is 390 g/mol. The molecule has 3 aliphatic carbocycles. The third kappa shape index (κ3) is 3.86. The Bertz CT molecular complexity index is 1090. The van der Waals surface area contributed by atoms with Gasteiger partial charge in [0.1, 0.15) is 5.82 Å². The number of aromatic nitrogens is 3. The van der Waals surface area contributed by atoms with Crippen molar-refractivity contribution >= 4 is 22.7 Å². The molecule has 2 heterocycles. The van der Waals surface area contributed by atoms with Crippen molar-refractivity contribution in [1.29, 1.82) is 0 Å². The Morgan fingerprint density at radius 2 is 1.93 bits per heavy atom. The van der Waals surface area contributed by atoms with Crippen LogP contribution < -0.4 is 5.73 Å². The summed E-state index contributed by atoms with van der Waals surface area (Å²) in [4.78, 5) is 21.3. The number of carbonyl (C=O) groups is 1. The van der Waals surface area contributed by atoms with Gasteiger partial charge in [-0.3, -0.25) is 4.79 Å². The largest absolute Gasteiger partial charge is 0.481 e. The fourth-order valence-corrected chi connectivity index (χ4v) is 4.70. The predicted octanol–water partition coefficient (Wildman–Crippen LogP) is 4.69. The highest BCUT2D eigenvalue weighted by molar-refractivity contribution is 5.94. The van der Waals surface area contributed by atoms with Crippen LogP contribution in [0.2, 0.25) is 0 Å². The van der Waals surface area contributed by atoms with Gasteiger partial charge in [-0.25, -0.2) is 18.7 Å². The number of aromatic amines is 1. The molecule has 4 N–H and O–H groups in total. The summed E-state index contributed by atoms with van der Waals surface area (Å²) in [6.45, 7) is 1.79. The molecule has 8 heteroatoms. The van der Waals surface area contributed by atoms with Crippen LogP contribution in [0.5, 0.6) is 0 Å². The highest BCUT2D eigenvalue weighted by atomic mass is 19.1. The van der Waals surface area contributed by atoms with E-state index in [-0.39, 0.29) is 23.4 Å². The molecule has 0 radical (unpaired) electrons. The molecule has 0 spiro atoms. The first-order valence-corrected chi connectivity index (χ1v) is 10.1. The second kappa shape index (κ2) is 8.01. The van der Waals surface area contributed by atoms with E-state index < -0.39 is 11.8 Å². The van der Waals surface area contributed by atoms with Crippen LogP contribution in [0.1, 0.15) is 37.7 Å². The van der Waals surface area contributed by atoms with Crippen molar-refractivity contribution in [2.24, 2.45) is 17.8 Å². The Balaban J connectivity index is 0.000000168. The van der Waals surface area contributed by atoms with Gasteiger partial charge in [-0.1, -0.05) is 12.8 Å². The fraction of sp³-hybridized carbons (Fsp3) is 0.409. The minimum absolute atomic E-state index is 0.00231. The summed E-state index contributed by atoms with van der Waals surface area (Å²) in [7, 11) is 0. The smallest absolute Gasteiger partial charge is 0.306 e. The number of H-pyrrole nitrogens is 1. The summed E-state index contributed by atoms with van der Waals surface area (Å²) in [6.07, 6.45) is 8.45. The number of nitrogens with zero attached hydrogens (tertiary/aromatic N) is 2. The number of aryl methyl sites for hydroxylation is 1. The lowest BCUT2D eigenvalue weighted by Crippen LogP contribution is -2.35. The monoisotopic (exact) mass is 414 g/mol. The maximum absolute atomic E-state index is 13.8. The van der Waals surface area contributed by atoms with Crippen molar-refractivity contribution < 1.29 is 18.7 Å². The first kappa shape index (κ1) is 20.3. The van der Waals surface area contributed by atoms with Gasteiger partial charge in [0.15, 0.2) is 17.5 Å². The van der Waals surface area contributed by atoms with E-state index in [1.807, 2.05) is 6.07 Å². The number of carboxylic acids is 1. The van der Waals surface area contributed by atoms with Crippen molar-refractivity contribution in [3.63, 3.8) is 0 Å². The molecule has 6 nitrogen and oxygen atoms in total. The molecule has 3 saturated carbocycles. The molecular formula is C22H24F2N4O2. The Hall–Kier alpha value is -3.03. The first-order chi connectivity index (χ1) is 14.3. The summed E-state index contributed by atoms with van der Waals surface area (Å²) in [5.74, 6) is -0.301. The Morgan fingerprint density at radius 1 is 1.20 bits per heavy atom. The third-order valence-electron chi connectivity index (χ3n) is 6.26. The van der Waals surface area contributed by atoms with Gasteiger partial charge in [0, 0.05) is 17.1 Å². The zero-order chi connectivity index (χ0) is 21.4. The summed E-state index contributed by atoms with van der Waals surface area (Å²) in [5, 5.41) is 9.50.